The van der Waals surface area contributed by atoms with E-state index in [0.29, 0.717) is 11.1 Å². The van der Waals surface area contributed by atoms with Gasteiger partial charge in [0.15, 0.2) is 5.78 Å². The number of hydrogen-bond donors (Lipinski definition) is 2. The zero-order chi connectivity index (χ0) is 21.2. The fraction of sp³-hybridized carbons (Fsp3) is 0.333. The number of rotatable bonds is 5. The Labute approximate surface area is 172 Å². The van der Waals surface area contributed by atoms with Gasteiger partial charge in [0.25, 0.3) is 5.91 Å². The molecule has 5 nitrogen and oxygen atoms in total. The van der Waals surface area contributed by atoms with Crippen LogP contribution in [0.2, 0.25) is 0 Å². The second-order valence-electron chi connectivity index (χ2n) is 8.34. The smallest absolute Gasteiger partial charge is 0.251 e. The van der Waals surface area contributed by atoms with E-state index >= 15 is 0 Å². The Morgan fingerprint density at radius 3 is 2.38 bits per heavy atom. The molecule has 0 aromatic heterocycles. The molecule has 2 N–H and O–H groups in total. The summed E-state index contributed by atoms with van der Waals surface area (Å²) in [5.74, 6) is 0.494. The molecule has 0 unspecified atom stereocenters. The minimum absolute atomic E-state index is 0.0614. The SMILES string of the molecule is COc1ccc2c(c1)/C(=C/C(=O)c1ccc(C(=O)NC(C)C)cc1)NC(C)(C)C2. The molecule has 2 aromatic rings. The third-order valence-electron chi connectivity index (χ3n) is 4.84. The molecule has 1 aliphatic heterocycles. The number of ketones is 1. The number of benzene rings is 2. The van der Waals surface area contributed by atoms with Gasteiger partial charge in [-0.05, 0) is 63.9 Å². The van der Waals surface area contributed by atoms with E-state index in [1.807, 2.05) is 26.0 Å². The maximum atomic E-state index is 12.9. The summed E-state index contributed by atoms with van der Waals surface area (Å²) in [4.78, 5) is 25.0. The van der Waals surface area contributed by atoms with Crippen LogP contribution in [0.3, 0.4) is 0 Å². The van der Waals surface area contributed by atoms with E-state index in [2.05, 4.69) is 30.5 Å². The molecule has 1 amide bonds. The third kappa shape index (κ3) is 4.86. The van der Waals surface area contributed by atoms with Gasteiger partial charge in [-0.3, -0.25) is 9.59 Å². The Morgan fingerprint density at radius 2 is 1.76 bits per heavy atom. The Kier molecular flexibility index (Phi) is 5.78. The lowest BCUT2D eigenvalue weighted by molar-refractivity contribution is 0.0941. The Hall–Kier alpha value is -3.08. The molecule has 0 saturated heterocycles. The monoisotopic (exact) mass is 392 g/mol. The Balaban J connectivity index is 1.89. The van der Waals surface area contributed by atoms with Crippen LogP contribution in [0.5, 0.6) is 5.75 Å². The minimum Gasteiger partial charge on any atom is -0.497 e. The summed E-state index contributed by atoms with van der Waals surface area (Å²) in [6.45, 7) is 8.04. The number of allylic oxidation sites excluding steroid dienone is 1. The van der Waals surface area contributed by atoms with E-state index < -0.39 is 0 Å². The fourth-order valence-corrected chi connectivity index (χ4v) is 3.50. The molecule has 0 bridgehead atoms. The van der Waals surface area contributed by atoms with Crippen LogP contribution in [0.25, 0.3) is 5.70 Å². The topological polar surface area (TPSA) is 67.4 Å². The van der Waals surface area contributed by atoms with Gasteiger partial charge < -0.3 is 15.4 Å². The van der Waals surface area contributed by atoms with Gasteiger partial charge in [0.1, 0.15) is 5.75 Å². The summed E-state index contributed by atoms with van der Waals surface area (Å²) in [6, 6.07) is 12.8. The molecule has 0 aliphatic carbocycles. The van der Waals surface area contributed by atoms with Crippen molar-refractivity contribution in [2.75, 3.05) is 7.11 Å². The lowest BCUT2D eigenvalue weighted by atomic mass is 9.85. The van der Waals surface area contributed by atoms with Gasteiger partial charge in [-0.1, -0.05) is 18.2 Å². The first kappa shape index (κ1) is 20.6. The van der Waals surface area contributed by atoms with Gasteiger partial charge in [0.2, 0.25) is 0 Å². The van der Waals surface area contributed by atoms with Crippen LogP contribution in [0.4, 0.5) is 0 Å². The predicted octanol–water partition coefficient (Wildman–Crippen LogP) is 3.98. The van der Waals surface area contributed by atoms with Crippen molar-refractivity contribution >= 4 is 17.4 Å². The zero-order valence-electron chi connectivity index (χ0n) is 17.6. The highest BCUT2D eigenvalue weighted by Gasteiger charge is 2.28. The number of hydrogen-bond acceptors (Lipinski definition) is 4. The van der Waals surface area contributed by atoms with E-state index in [4.69, 9.17) is 4.74 Å². The van der Waals surface area contributed by atoms with Crippen LogP contribution in [0.15, 0.2) is 48.5 Å². The quantitative estimate of drug-likeness (QED) is 0.597. The van der Waals surface area contributed by atoms with Crippen LogP contribution in [0.1, 0.15) is 59.5 Å². The second-order valence-corrected chi connectivity index (χ2v) is 8.34. The van der Waals surface area contributed by atoms with Crippen LogP contribution in [-0.4, -0.2) is 30.4 Å². The van der Waals surface area contributed by atoms with Crippen LogP contribution < -0.4 is 15.4 Å². The van der Waals surface area contributed by atoms with E-state index in [-0.39, 0.29) is 23.3 Å². The van der Waals surface area contributed by atoms with Crippen molar-refractivity contribution < 1.29 is 14.3 Å². The molecule has 152 valence electrons. The summed E-state index contributed by atoms with van der Waals surface area (Å²) < 4.78 is 5.36. The molecule has 0 atom stereocenters. The van der Waals surface area contributed by atoms with E-state index in [1.54, 1.807) is 37.5 Å². The second kappa shape index (κ2) is 8.11. The van der Waals surface area contributed by atoms with Crippen LogP contribution >= 0.6 is 0 Å². The number of ether oxygens (including phenoxy) is 1. The molecular formula is C24H28N2O3. The molecular weight excluding hydrogens is 364 g/mol. The highest BCUT2D eigenvalue weighted by Crippen LogP contribution is 2.32. The van der Waals surface area contributed by atoms with Crippen molar-refractivity contribution in [3.05, 3.63) is 70.8 Å². The van der Waals surface area contributed by atoms with E-state index in [9.17, 15) is 9.59 Å². The van der Waals surface area contributed by atoms with Gasteiger partial charge in [-0.15, -0.1) is 0 Å². The number of fused-ring (bicyclic) bond motifs is 1. The average molecular weight is 392 g/mol. The maximum absolute atomic E-state index is 12.9. The van der Waals surface area contributed by atoms with Gasteiger partial charge in [-0.2, -0.15) is 0 Å². The van der Waals surface area contributed by atoms with Crippen molar-refractivity contribution in [1.29, 1.82) is 0 Å². The molecule has 1 aliphatic rings. The molecule has 1 heterocycles. The minimum atomic E-state index is -0.160. The number of nitrogens with one attached hydrogen (secondary N) is 2. The molecule has 3 rings (SSSR count). The van der Waals surface area contributed by atoms with Gasteiger partial charge in [-0.25, -0.2) is 0 Å². The summed E-state index contributed by atoms with van der Waals surface area (Å²) in [6.07, 6.45) is 2.49. The highest BCUT2D eigenvalue weighted by molar-refractivity contribution is 6.09. The lowest BCUT2D eigenvalue weighted by Crippen LogP contribution is -2.43. The molecule has 2 aromatic carbocycles. The number of carbonyl (C=O) groups is 2. The summed E-state index contributed by atoms with van der Waals surface area (Å²) in [5.41, 5.74) is 3.84. The van der Waals surface area contributed by atoms with Gasteiger partial charge >= 0.3 is 0 Å². The maximum Gasteiger partial charge on any atom is 0.251 e. The standard InChI is InChI=1S/C24H28N2O3/c1-15(2)25-23(28)17-8-6-16(7-9-17)22(27)13-21-20-12-19(29-5)11-10-18(20)14-24(3,4)26-21/h6-13,15,26H,14H2,1-5H3,(H,25,28)/b21-13-. The largest absolute Gasteiger partial charge is 0.497 e. The van der Waals surface area contributed by atoms with Crippen molar-refractivity contribution in [2.24, 2.45) is 0 Å². The normalized spacial score (nSPS) is 16.1. The van der Waals surface area contributed by atoms with Gasteiger partial charge in [0, 0.05) is 40.0 Å². The zero-order valence-corrected chi connectivity index (χ0v) is 17.6. The lowest BCUT2D eigenvalue weighted by Gasteiger charge is -2.35. The summed E-state index contributed by atoms with van der Waals surface area (Å²) >= 11 is 0. The molecule has 0 saturated carbocycles. The molecule has 5 heteroatoms. The van der Waals surface area contributed by atoms with E-state index in [0.717, 1.165) is 23.4 Å². The van der Waals surface area contributed by atoms with E-state index in [1.165, 1.54) is 5.56 Å². The first-order valence-corrected chi connectivity index (χ1v) is 9.81. The van der Waals surface area contributed by atoms with Crippen LogP contribution in [-0.2, 0) is 6.42 Å². The first-order valence-electron chi connectivity index (χ1n) is 9.81. The summed E-state index contributed by atoms with van der Waals surface area (Å²) in [5, 5.41) is 6.32. The molecule has 0 fully saturated rings. The van der Waals surface area contributed by atoms with Crippen LogP contribution in [0, 0.1) is 0 Å². The van der Waals surface area contributed by atoms with Crippen molar-refractivity contribution in [2.45, 2.75) is 45.7 Å². The fourth-order valence-electron chi connectivity index (χ4n) is 3.50. The number of amides is 1. The summed E-state index contributed by atoms with van der Waals surface area (Å²) in [7, 11) is 1.63. The highest BCUT2D eigenvalue weighted by atomic mass is 16.5. The average Bonchev–Trinajstić information content (AvgIpc) is 2.66. The van der Waals surface area contributed by atoms with Gasteiger partial charge in [0.05, 0.1) is 7.11 Å². The predicted molar refractivity (Wildman–Crippen MR) is 115 cm³/mol. The first-order chi connectivity index (χ1) is 13.7. The number of carbonyl (C=O) groups excluding carboxylic acids is 2. The molecule has 0 radical (unpaired) electrons. The third-order valence-corrected chi connectivity index (χ3v) is 4.84. The molecule has 29 heavy (non-hydrogen) atoms. The Bertz CT molecular complexity index is 957. The van der Waals surface area contributed by atoms with Crippen molar-refractivity contribution in [3.63, 3.8) is 0 Å². The van der Waals surface area contributed by atoms with Crippen molar-refractivity contribution in [1.82, 2.24) is 10.6 Å². The number of methoxy groups -OCH3 is 1. The Morgan fingerprint density at radius 1 is 1.10 bits per heavy atom. The van der Waals surface area contributed by atoms with Crippen molar-refractivity contribution in [3.8, 4) is 5.75 Å². The molecule has 0 spiro atoms.